The van der Waals surface area contributed by atoms with E-state index in [1.54, 1.807) is 0 Å². The van der Waals surface area contributed by atoms with Gasteiger partial charge >= 0.3 is 5.97 Å². The van der Waals surface area contributed by atoms with Crippen LogP contribution in [0.4, 0.5) is 0 Å². The van der Waals surface area contributed by atoms with Crippen molar-refractivity contribution in [3.05, 3.63) is 35.9 Å². The predicted molar refractivity (Wildman–Crippen MR) is 140 cm³/mol. The molecule has 0 spiro atoms. The van der Waals surface area contributed by atoms with Gasteiger partial charge in [-0.3, -0.25) is 4.79 Å². The minimum atomic E-state index is -3.38. The lowest BCUT2D eigenvalue weighted by molar-refractivity contribution is -0.159. The number of aliphatic carboxylic acids is 1. The van der Waals surface area contributed by atoms with Gasteiger partial charge in [-0.1, -0.05) is 18.4 Å². The van der Waals surface area contributed by atoms with Crippen LogP contribution in [-0.4, -0.2) is 37.6 Å². The van der Waals surface area contributed by atoms with E-state index in [1.165, 1.54) is 29.8 Å². The van der Waals surface area contributed by atoms with Crippen molar-refractivity contribution in [3.63, 3.8) is 0 Å². The standard InChI is InChI=1S/C30H36O6S/c1-4-29-16-14-24-23-13-7-20(31)18-19(23)6-12-25(24)26(29)15-17-30(29,5-2)27(28(32)33)36-21-8-10-22(11-9-21)37(3,34)35/h2,8-11,18,23-27H,4,6-7,12-17H2,1,3H3,(H,32,33)/t23?,24?,25?,26?,27?,29-,30+/m0/s1. The Labute approximate surface area is 219 Å². The van der Waals surface area contributed by atoms with Gasteiger partial charge < -0.3 is 9.84 Å². The molecule has 0 amide bonds. The summed E-state index contributed by atoms with van der Waals surface area (Å²) in [4.78, 5) is 25.0. The summed E-state index contributed by atoms with van der Waals surface area (Å²) in [7, 11) is -3.38. The summed E-state index contributed by atoms with van der Waals surface area (Å²) in [6.45, 7) is 2.14. The molecule has 0 saturated heterocycles. The average molecular weight is 525 g/mol. The maximum atomic E-state index is 12.8. The Bertz CT molecular complexity index is 1270. The molecule has 3 fully saturated rings. The summed E-state index contributed by atoms with van der Waals surface area (Å²) in [5, 5.41) is 10.4. The first-order chi connectivity index (χ1) is 17.6. The smallest absolute Gasteiger partial charge is 0.346 e. The van der Waals surface area contributed by atoms with Crippen molar-refractivity contribution in [2.24, 2.45) is 34.5 Å². The van der Waals surface area contributed by atoms with Gasteiger partial charge in [-0.15, -0.1) is 6.42 Å². The number of rotatable bonds is 6. The number of fused-ring (bicyclic) bond motifs is 5. The number of sulfone groups is 1. The van der Waals surface area contributed by atoms with Gasteiger partial charge in [-0.05, 0) is 111 Å². The lowest BCUT2D eigenvalue weighted by Gasteiger charge is -2.57. The molecule has 1 aromatic rings. The number of terminal acetylenes is 1. The summed E-state index contributed by atoms with van der Waals surface area (Å²) >= 11 is 0. The molecule has 7 atom stereocenters. The molecule has 5 unspecified atom stereocenters. The number of carbonyl (C=O) groups excluding carboxylic acids is 1. The average Bonchev–Trinajstić information content (AvgIpc) is 3.22. The number of ether oxygens (including phenoxy) is 1. The number of carboxylic acids is 1. The molecule has 6 nitrogen and oxygen atoms in total. The molecule has 1 aromatic carbocycles. The first-order valence-corrected chi connectivity index (χ1v) is 15.4. The van der Waals surface area contributed by atoms with Crippen LogP contribution in [0.1, 0.15) is 64.7 Å². The highest BCUT2D eigenvalue weighted by Crippen LogP contribution is 2.70. The Morgan fingerprint density at radius 3 is 2.49 bits per heavy atom. The van der Waals surface area contributed by atoms with E-state index in [0.717, 1.165) is 51.2 Å². The van der Waals surface area contributed by atoms with Crippen LogP contribution in [0, 0.1) is 46.8 Å². The largest absolute Gasteiger partial charge is 0.478 e. The zero-order valence-corrected chi connectivity index (χ0v) is 22.4. The van der Waals surface area contributed by atoms with Gasteiger partial charge in [0.2, 0.25) is 6.10 Å². The van der Waals surface area contributed by atoms with Crippen molar-refractivity contribution in [2.45, 2.75) is 75.7 Å². The number of ketones is 1. The van der Waals surface area contributed by atoms with E-state index in [4.69, 9.17) is 11.2 Å². The highest BCUT2D eigenvalue weighted by atomic mass is 32.2. The highest BCUT2D eigenvalue weighted by Gasteiger charge is 2.68. The van der Waals surface area contributed by atoms with Crippen LogP contribution in [0.25, 0.3) is 0 Å². The van der Waals surface area contributed by atoms with Crippen LogP contribution in [0.5, 0.6) is 5.75 Å². The molecule has 0 aliphatic heterocycles. The maximum Gasteiger partial charge on any atom is 0.346 e. The summed E-state index contributed by atoms with van der Waals surface area (Å²) < 4.78 is 29.9. The van der Waals surface area contributed by atoms with Crippen LogP contribution in [0.15, 0.2) is 40.8 Å². The van der Waals surface area contributed by atoms with E-state index in [0.29, 0.717) is 42.3 Å². The van der Waals surface area contributed by atoms with Crippen LogP contribution in [0.3, 0.4) is 0 Å². The Hall–Kier alpha value is -2.59. The maximum absolute atomic E-state index is 12.8. The molecule has 0 radical (unpaired) electrons. The number of carbonyl (C=O) groups is 2. The van der Waals surface area contributed by atoms with E-state index in [1.807, 2.05) is 6.08 Å². The SMILES string of the molecule is C#C[C@]1(C(Oc2ccc(S(C)(=O)=O)cc2)C(=O)O)CCC2C3CCC4=CC(=O)CCC4C3CC[C@@]21CC. The number of carboxylic acid groups (broad SMARTS) is 1. The van der Waals surface area contributed by atoms with Gasteiger partial charge in [-0.2, -0.15) is 0 Å². The lowest BCUT2D eigenvalue weighted by Crippen LogP contribution is -2.57. The summed E-state index contributed by atoms with van der Waals surface area (Å²) in [5.41, 5.74) is 0.0221. The molecule has 1 N–H and O–H groups in total. The Balaban J connectivity index is 1.48. The summed E-state index contributed by atoms with van der Waals surface area (Å²) in [6, 6.07) is 5.90. The fourth-order valence-electron chi connectivity index (χ4n) is 8.77. The van der Waals surface area contributed by atoms with Crippen molar-refractivity contribution in [1.29, 1.82) is 0 Å². The fourth-order valence-corrected chi connectivity index (χ4v) is 9.40. The molecule has 0 bridgehead atoms. The van der Waals surface area contributed by atoms with Gasteiger partial charge in [0, 0.05) is 12.7 Å². The number of allylic oxidation sites excluding steroid dienone is 1. The van der Waals surface area contributed by atoms with Crippen molar-refractivity contribution in [2.75, 3.05) is 6.26 Å². The Morgan fingerprint density at radius 1 is 1.14 bits per heavy atom. The van der Waals surface area contributed by atoms with E-state index in [-0.39, 0.29) is 16.1 Å². The number of benzene rings is 1. The van der Waals surface area contributed by atoms with Crippen molar-refractivity contribution < 1.29 is 27.9 Å². The van der Waals surface area contributed by atoms with E-state index in [9.17, 15) is 23.1 Å². The normalized spacial score (nSPS) is 35.8. The van der Waals surface area contributed by atoms with E-state index >= 15 is 0 Å². The minimum Gasteiger partial charge on any atom is -0.478 e. The van der Waals surface area contributed by atoms with Crippen LogP contribution < -0.4 is 4.74 Å². The van der Waals surface area contributed by atoms with E-state index in [2.05, 4.69) is 12.8 Å². The lowest BCUT2D eigenvalue weighted by atomic mass is 9.46. The first-order valence-electron chi connectivity index (χ1n) is 13.5. The second-order valence-corrected chi connectivity index (χ2v) is 13.6. The zero-order valence-electron chi connectivity index (χ0n) is 21.6. The molecule has 0 aromatic heterocycles. The summed E-state index contributed by atoms with van der Waals surface area (Å²) in [6.07, 6.45) is 15.7. The topological polar surface area (TPSA) is 97.7 Å². The molecule has 4 aliphatic rings. The summed E-state index contributed by atoms with van der Waals surface area (Å²) in [5.74, 6) is 4.27. The van der Waals surface area contributed by atoms with E-state index < -0.39 is 27.3 Å². The molecular formula is C30H36O6S. The van der Waals surface area contributed by atoms with Gasteiger partial charge in [0.1, 0.15) is 5.75 Å². The number of hydrogen-bond donors (Lipinski definition) is 1. The molecular weight excluding hydrogens is 488 g/mol. The van der Waals surface area contributed by atoms with Crippen molar-refractivity contribution in [1.82, 2.24) is 0 Å². The molecule has 0 heterocycles. The van der Waals surface area contributed by atoms with Crippen molar-refractivity contribution >= 4 is 21.6 Å². The zero-order chi connectivity index (χ0) is 26.6. The van der Waals surface area contributed by atoms with Crippen LogP contribution >= 0.6 is 0 Å². The Kier molecular flexibility index (Phi) is 6.55. The van der Waals surface area contributed by atoms with Gasteiger partial charge in [0.25, 0.3) is 0 Å². The Morgan fingerprint density at radius 2 is 1.86 bits per heavy atom. The highest BCUT2D eigenvalue weighted by molar-refractivity contribution is 7.90. The van der Waals surface area contributed by atoms with Gasteiger partial charge in [0.05, 0.1) is 10.3 Å². The monoisotopic (exact) mass is 524 g/mol. The van der Waals surface area contributed by atoms with Crippen molar-refractivity contribution in [3.8, 4) is 18.1 Å². The minimum absolute atomic E-state index is 0.151. The molecule has 198 valence electrons. The second-order valence-electron chi connectivity index (χ2n) is 11.6. The molecule has 37 heavy (non-hydrogen) atoms. The van der Waals surface area contributed by atoms with Gasteiger partial charge in [0.15, 0.2) is 15.6 Å². The third kappa shape index (κ3) is 4.03. The molecule has 7 heteroatoms. The molecule has 5 rings (SSSR count). The van der Waals surface area contributed by atoms with Crippen LogP contribution in [0.2, 0.25) is 0 Å². The second kappa shape index (κ2) is 9.31. The first kappa shape index (κ1) is 26.0. The number of hydrogen-bond acceptors (Lipinski definition) is 5. The third-order valence-electron chi connectivity index (χ3n) is 10.3. The molecule has 3 saturated carbocycles. The quantitative estimate of drug-likeness (QED) is 0.522. The van der Waals surface area contributed by atoms with Crippen LogP contribution in [-0.2, 0) is 19.4 Å². The third-order valence-corrected chi connectivity index (χ3v) is 11.4. The molecule has 4 aliphatic carbocycles. The fraction of sp³-hybridized carbons (Fsp3) is 0.600. The predicted octanol–water partition coefficient (Wildman–Crippen LogP) is 5.07. The van der Waals surface area contributed by atoms with Gasteiger partial charge in [-0.25, -0.2) is 13.2 Å².